The number of aliphatic carboxylic acids is 1. The Hall–Kier alpha value is -1.71. The molecule has 0 saturated heterocycles. The van der Waals surface area contributed by atoms with E-state index in [1.54, 1.807) is 6.07 Å². The lowest BCUT2D eigenvalue weighted by Gasteiger charge is -2.11. The van der Waals surface area contributed by atoms with E-state index in [9.17, 15) is 9.90 Å². The molecule has 1 fully saturated rings. The predicted octanol–water partition coefficient (Wildman–Crippen LogP) is 1.75. The van der Waals surface area contributed by atoms with Gasteiger partial charge >= 0.3 is 5.97 Å². The number of hydrogen-bond donors (Lipinski definition) is 3. The van der Waals surface area contributed by atoms with Gasteiger partial charge in [0.25, 0.3) is 0 Å². The molecule has 4 nitrogen and oxygen atoms in total. The molecule has 2 rings (SSSR count). The first-order valence-corrected chi connectivity index (χ1v) is 5.31. The van der Waals surface area contributed by atoms with Crippen molar-refractivity contribution >= 4 is 5.97 Å². The molecule has 1 unspecified atom stereocenters. The second kappa shape index (κ2) is 4.04. The molecule has 3 N–H and O–H groups in total. The third kappa shape index (κ3) is 2.27. The summed E-state index contributed by atoms with van der Waals surface area (Å²) in [7, 11) is 0. The lowest BCUT2D eigenvalue weighted by molar-refractivity contribution is -0.142. The van der Waals surface area contributed by atoms with Crippen LogP contribution in [0.1, 0.15) is 18.4 Å². The van der Waals surface area contributed by atoms with Gasteiger partial charge in [0.05, 0.1) is 5.92 Å². The summed E-state index contributed by atoms with van der Waals surface area (Å²) in [6, 6.07) is 4.46. The van der Waals surface area contributed by atoms with Crippen LogP contribution >= 0.6 is 0 Å². The summed E-state index contributed by atoms with van der Waals surface area (Å²) in [5.74, 6) is -1.26. The molecule has 86 valence electrons. The molecule has 0 aromatic heterocycles. The van der Waals surface area contributed by atoms with Crippen molar-refractivity contribution in [1.29, 1.82) is 0 Å². The van der Waals surface area contributed by atoms with Crippen molar-refractivity contribution in [3.63, 3.8) is 0 Å². The van der Waals surface area contributed by atoms with Gasteiger partial charge in [-0.15, -0.1) is 0 Å². The molecule has 1 aromatic rings. The van der Waals surface area contributed by atoms with Crippen molar-refractivity contribution in [3.8, 4) is 11.5 Å². The number of phenolic OH excluding ortho intramolecular Hbond substituents is 2. The van der Waals surface area contributed by atoms with Gasteiger partial charge in [-0.1, -0.05) is 6.07 Å². The van der Waals surface area contributed by atoms with E-state index in [0.29, 0.717) is 6.42 Å². The molecule has 4 heteroatoms. The predicted molar refractivity (Wildman–Crippen MR) is 57.3 cm³/mol. The van der Waals surface area contributed by atoms with Gasteiger partial charge in [-0.25, -0.2) is 0 Å². The van der Waals surface area contributed by atoms with E-state index >= 15 is 0 Å². The zero-order valence-electron chi connectivity index (χ0n) is 8.76. The molecule has 0 amide bonds. The van der Waals surface area contributed by atoms with E-state index in [4.69, 9.17) is 10.2 Å². The zero-order chi connectivity index (χ0) is 11.7. The number of aromatic hydroxyl groups is 2. The monoisotopic (exact) mass is 222 g/mol. The molecule has 1 atom stereocenters. The summed E-state index contributed by atoms with van der Waals surface area (Å²) in [5, 5.41) is 27.5. The molecular formula is C12H14O4. The van der Waals surface area contributed by atoms with Crippen LogP contribution < -0.4 is 0 Å². The quantitative estimate of drug-likeness (QED) is 0.678. The molecule has 0 heterocycles. The van der Waals surface area contributed by atoms with Crippen LogP contribution in [0.15, 0.2) is 18.2 Å². The third-order valence-corrected chi connectivity index (χ3v) is 3.00. The van der Waals surface area contributed by atoms with E-state index in [1.807, 2.05) is 0 Å². The Morgan fingerprint density at radius 2 is 2.00 bits per heavy atom. The summed E-state index contributed by atoms with van der Waals surface area (Å²) in [6.45, 7) is 0. The lowest BCUT2D eigenvalue weighted by atomic mass is 9.95. The van der Waals surface area contributed by atoms with Gasteiger partial charge in [0.15, 0.2) is 11.5 Å². The van der Waals surface area contributed by atoms with Crippen LogP contribution in [0.4, 0.5) is 0 Å². The fraction of sp³-hybridized carbons (Fsp3) is 0.417. The summed E-state index contributed by atoms with van der Waals surface area (Å²) >= 11 is 0. The molecule has 0 aliphatic heterocycles. The maximum atomic E-state index is 11.0. The van der Waals surface area contributed by atoms with Crippen molar-refractivity contribution in [2.75, 3.05) is 0 Å². The fourth-order valence-corrected chi connectivity index (χ4v) is 1.90. The smallest absolute Gasteiger partial charge is 0.307 e. The number of carboxylic acids is 1. The molecule has 0 bridgehead atoms. The van der Waals surface area contributed by atoms with Crippen molar-refractivity contribution in [3.05, 3.63) is 23.8 Å². The van der Waals surface area contributed by atoms with Crippen LogP contribution in [-0.4, -0.2) is 21.3 Å². The maximum Gasteiger partial charge on any atom is 0.307 e. The van der Waals surface area contributed by atoms with Crippen LogP contribution in [0, 0.1) is 11.8 Å². The van der Waals surface area contributed by atoms with E-state index in [1.165, 1.54) is 12.1 Å². The molecule has 16 heavy (non-hydrogen) atoms. The highest BCUT2D eigenvalue weighted by Gasteiger charge is 2.36. The number of carboxylic acid groups (broad SMARTS) is 1. The van der Waals surface area contributed by atoms with Crippen molar-refractivity contribution in [2.45, 2.75) is 19.3 Å². The molecule has 0 spiro atoms. The van der Waals surface area contributed by atoms with E-state index in [0.717, 1.165) is 18.4 Å². The number of phenols is 2. The molecule has 1 aliphatic rings. The van der Waals surface area contributed by atoms with Gasteiger partial charge in [-0.3, -0.25) is 4.79 Å². The second-order valence-electron chi connectivity index (χ2n) is 4.31. The zero-order valence-corrected chi connectivity index (χ0v) is 8.76. The number of rotatable bonds is 4. The first kappa shape index (κ1) is 10.8. The first-order chi connectivity index (χ1) is 7.58. The summed E-state index contributed by atoms with van der Waals surface area (Å²) in [6.07, 6.45) is 2.36. The van der Waals surface area contributed by atoms with Gasteiger partial charge in [0.1, 0.15) is 0 Å². The average Bonchev–Trinajstić information content (AvgIpc) is 3.03. The van der Waals surface area contributed by atoms with Crippen LogP contribution in [0.5, 0.6) is 11.5 Å². The van der Waals surface area contributed by atoms with E-state index in [-0.39, 0.29) is 23.3 Å². The SMILES string of the molecule is O=C(O)C(Cc1ccc(O)c(O)c1)C1CC1. The van der Waals surface area contributed by atoms with Crippen LogP contribution in [0.25, 0.3) is 0 Å². The van der Waals surface area contributed by atoms with E-state index < -0.39 is 5.97 Å². The summed E-state index contributed by atoms with van der Waals surface area (Å²) < 4.78 is 0. The number of hydrogen-bond acceptors (Lipinski definition) is 3. The average molecular weight is 222 g/mol. The van der Waals surface area contributed by atoms with Gasteiger partial charge in [0, 0.05) is 0 Å². The molecule has 0 radical (unpaired) electrons. The van der Waals surface area contributed by atoms with Crippen molar-refractivity contribution in [1.82, 2.24) is 0 Å². The number of carbonyl (C=O) groups is 1. The lowest BCUT2D eigenvalue weighted by Crippen LogP contribution is -2.18. The second-order valence-corrected chi connectivity index (χ2v) is 4.31. The minimum absolute atomic E-state index is 0.179. The van der Waals surface area contributed by atoms with Crippen molar-refractivity contribution < 1.29 is 20.1 Å². The largest absolute Gasteiger partial charge is 0.504 e. The maximum absolute atomic E-state index is 11.0. The van der Waals surface area contributed by atoms with Crippen molar-refractivity contribution in [2.24, 2.45) is 11.8 Å². The molecule has 1 aromatic carbocycles. The molecule has 1 aliphatic carbocycles. The van der Waals surface area contributed by atoms with E-state index in [2.05, 4.69) is 0 Å². The van der Waals surface area contributed by atoms with Gasteiger partial charge < -0.3 is 15.3 Å². The Morgan fingerprint density at radius 3 is 2.50 bits per heavy atom. The highest BCUT2D eigenvalue weighted by atomic mass is 16.4. The van der Waals surface area contributed by atoms with Gasteiger partial charge in [-0.2, -0.15) is 0 Å². The molecule has 1 saturated carbocycles. The first-order valence-electron chi connectivity index (χ1n) is 5.31. The van der Waals surface area contributed by atoms with Crippen LogP contribution in [-0.2, 0) is 11.2 Å². The minimum atomic E-state index is -0.782. The Bertz CT molecular complexity index is 409. The highest BCUT2D eigenvalue weighted by molar-refractivity contribution is 5.71. The Kier molecular flexibility index (Phi) is 2.73. The van der Waals surface area contributed by atoms with Crippen LogP contribution in [0.3, 0.4) is 0 Å². The summed E-state index contributed by atoms with van der Waals surface area (Å²) in [5.41, 5.74) is 0.745. The number of benzene rings is 1. The standard InChI is InChI=1S/C12H14O4/c13-10-4-1-7(6-11(10)14)5-9(12(15)16)8-2-3-8/h1,4,6,8-9,13-14H,2-3,5H2,(H,15,16). The van der Waals surface area contributed by atoms with Gasteiger partial charge in [0.2, 0.25) is 0 Å². The fourth-order valence-electron chi connectivity index (χ4n) is 1.90. The Labute approximate surface area is 93.2 Å². The highest BCUT2D eigenvalue weighted by Crippen LogP contribution is 2.39. The third-order valence-electron chi connectivity index (χ3n) is 3.00. The summed E-state index contributed by atoms with van der Waals surface area (Å²) in [4.78, 5) is 11.0. The topological polar surface area (TPSA) is 77.8 Å². The Morgan fingerprint density at radius 1 is 1.31 bits per heavy atom. The normalized spacial score (nSPS) is 17.0. The van der Waals surface area contributed by atoms with Crippen LogP contribution in [0.2, 0.25) is 0 Å². The minimum Gasteiger partial charge on any atom is -0.504 e. The Balaban J connectivity index is 2.12. The van der Waals surface area contributed by atoms with Gasteiger partial charge in [-0.05, 0) is 42.9 Å². The molecular weight excluding hydrogens is 208 g/mol.